The Morgan fingerprint density at radius 1 is 0.667 bits per heavy atom. The van der Waals surface area contributed by atoms with E-state index >= 15 is 0 Å². The number of para-hydroxylation sites is 2. The van der Waals surface area contributed by atoms with E-state index in [-0.39, 0.29) is 5.91 Å². The fourth-order valence-electron chi connectivity index (χ4n) is 4.50. The van der Waals surface area contributed by atoms with Gasteiger partial charge in [-0.1, -0.05) is 109 Å². The molecule has 4 aromatic carbocycles. The molecule has 5 nitrogen and oxygen atoms in total. The van der Waals surface area contributed by atoms with Gasteiger partial charge < -0.3 is 0 Å². The number of fused-ring (bicyclic) bond motifs is 3. The third kappa shape index (κ3) is 3.95. The third-order valence-corrected chi connectivity index (χ3v) is 7.13. The van der Waals surface area contributed by atoms with Crippen molar-refractivity contribution in [3.8, 4) is 22.5 Å². The number of benzene rings is 4. The third-order valence-electron chi connectivity index (χ3n) is 6.19. The monoisotopic (exact) mass is 486 g/mol. The van der Waals surface area contributed by atoms with Crippen LogP contribution in [-0.2, 0) is 0 Å². The number of thioether (sulfide) groups is 1. The van der Waals surface area contributed by atoms with Crippen LogP contribution in [0, 0.1) is 0 Å². The minimum atomic E-state index is -0.419. The second kappa shape index (κ2) is 9.40. The van der Waals surface area contributed by atoms with Crippen LogP contribution in [-0.4, -0.2) is 30.9 Å². The molecule has 0 saturated heterocycles. The molecule has 0 N–H and O–H groups in total. The summed E-state index contributed by atoms with van der Waals surface area (Å²) in [6.45, 7) is 1.90. The van der Waals surface area contributed by atoms with Crippen molar-refractivity contribution in [2.24, 2.45) is 0 Å². The van der Waals surface area contributed by atoms with Gasteiger partial charge in [-0.05, 0) is 19.1 Å². The number of aromatic nitrogens is 4. The molecular formula is C30H22N4OS. The number of carbonyl (C=O) groups excluding carboxylic acids is 1. The second-order valence-corrected chi connectivity index (χ2v) is 9.80. The van der Waals surface area contributed by atoms with Crippen LogP contribution in [0.1, 0.15) is 11.7 Å². The van der Waals surface area contributed by atoms with Gasteiger partial charge in [0.1, 0.15) is 11.4 Å². The highest BCUT2D eigenvalue weighted by molar-refractivity contribution is 8.00. The molecule has 0 aliphatic carbocycles. The van der Waals surface area contributed by atoms with Gasteiger partial charge in [0.25, 0.3) is 0 Å². The van der Waals surface area contributed by atoms with Crippen molar-refractivity contribution in [2.75, 3.05) is 0 Å². The zero-order chi connectivity index (χ0) is 24.5. The molecule has 1 unspecified atom stereocenters. The maximum atomic E-state index is 13.7. The van der Waals surface area contributed by atoms with Gasteiger partial charge in [-0.3, -0.25) is 9.36 Å². The summed E-state index contributed by atoms with van der Waals surface area (Å²) in [7, 11) is 0. The quantitative estimate of drug-likeness (QED) is 0.243. The average molecular weight is 487 g/mol. The van der Waals surface area contributed by atoms with E-state index < -0.39 is 5.25 Å². The molecule has 174 valence electrons. The van der Waals surface area contributed by atoms with Crippen LogP contribution in [0.25, 0.3) is 44.3 Å². The van der Waals surface area contributed by atoms with Crippen LogP contribution in [0.15, 0.2) is 114 Å². The van der Waals surface area contributed by atoms with Gasteiger partial charge in [0, 0.05) is 21.9 Å². The van der Waals surface area contributed by atoms with Gasteiger partial charge in [-0.25, -0.2) is 4.98 Å². The standard InChI is InChI=1S/C30H22N4OS/c1-20(29(35)34-25-18-10-8-16-23(25)24-17-9-11-19-26(24)34)36-30-31-27(21-12-4-2-5-13-21)28(32-33-30)22-14-6-3-7-15-22/h2-20H,1H3. The molecule has 2 aromatic heterocycles. The number of carbonyl (C=O) groups is 1. The summed E-state index contributed by atoms with van der Waals surface area (Å²) in [4.78, 5) is 18.6. The fraction of sp³-hybridized carbons (Fsp3) is 0.0667. The summed E-state index contributed by atoms with van der Waals surface area (Å²) in [6, 6.07) is 35.9. The molecule has 0 radical (unpaired) electrons. The molecule has 2 heterocycles. The smallest absolute Gasteiger partial charge is 0.244 e. The summed E-state index contributed by atoms with van der Waals surface area (Å²) in [5.74, 6) is -0.0191. The Bertz CT molecular complexity index is 1640. The number of rotatable bonds is 5. The molecular weight excluding hydrogens is 464 g/mol. The minimum absolute atomic E-state index is 0.0191. The second-order valence-electron chi connectivity index (χ2n) is 8.49. The molecule has 0 saturated carbocycles. The molecule has 0 aliphatic heterocycles. The SMILES string of the molecule is CC(Sc1nnc(-c2ccccc2)c(-c2ccccc2)n1)C(=O)n1c2ccccc2c2ccccc21. The summed E-state index contributed by atoms with van der Waals surface area (Å²) >= 11 is 1.32. The molecule has 0 amide bonds. The molecule has 0 bridgehead atoms. The van der Waals surface area contributed by atoms with Gasteiger partial charge in [0.2, 0.25) is 11.1 Å². The van der Waals surface area contributed by atoms with E-state index in [0.29, 0.717) is 10.9 Å². The van der Waals surface area contributed by atoms with Crippen LogP contribution >= 0.6 is 11.8 Å². The first kappa shape index (κ1) is 22.2. The minimum Gasteiger partial charge on any atom is -0.279 e. The summed E-state index contributed by atoms with van der Waals surface area (Å²) < 4.78 is 1.81. The normalized spacial score (nSPS) is 12.1. The Morgan fingerprint density at radius 3 is 1.75 bits per heavy atom. The van der Waals surface area contributed by atoms with Crippen molar-refractivity contribution in [3.63, 3.8) is 0 Å². The van der Waals surface area contributed by atoms with Crippen molar-refractivity contribution in [1.29, 1.82) is 0 Å². The van der Waals surface area contributed by atoms with Crippen molar-refractivity contribution in [3.05, 3.63) is 109 Å². The Morgan fingerprint density at radius 2 is 1.17 bits per heavy atom. The molecule has 6 heteroatoms. The molecule has 6 aromatic rings. The van der Waals surface area contributed by atoms with E-state index in [1.807, 2.05) is 109 Å². The Balaban J connectivity index is 1.38. The predicted molar refractivity (Wildman–Crippen MR) is 146 cm³/mol. The van der Waals surface area contributed by atoms with Gasteiger partial charge in [-0.2, -0.15) is 0 Å². The maximum absolute atomic E-state index is 13.7. The van der Waals surface area contributed by atoms with E-state index in [0.717, 1.165) is 38.6 Å². The van der Waals surface area contributed by atoms with E-state index in [1.54, 1.807) is 0 Å². The van der Waals surface area contributed by atoms with Crippen molar-refractivity contribution in [2.45, 2.75) is 17.3 Å². The van der Waals surface area contributed by atoms with Gasteiger partial charge in [0.05, 0.1) is 16.3 Å². The Kier molecular flexibility index (Phi) is 5.79. The van der Waals surface area contributed by atoms with Crippen LogP contribution in [0.4, 0.5) is 0 Å². The lowest BCUT2D eigenvalue weighted by atomic mass is 10.0. The Hall–Kier alpha value is -4.29. The highest BCUT2D eigenvalue weighted by Gasteiger charge is 2.23. The first-order chi connectivity index (χ1) is 17.7. The lowest BCUT2D eigenvalue weighted by Gasteiger charge is -2.14. The van der Waals surface area contributed by atoms with Crippen molar-refractivity contribution < 1.29 is 4.79 Å². The molecule has 36 heavy (non-hydrogen) atoms. The van der Waals surface area contributed by atoms with Gasteiger partial charge >= 0.3 is 0 Å². The summed E-state index contributed by atoms with van der Waals surface area (Å²) in [6.07, 6.45) is 0. The average Bonchev–Trinajstić information content (AvgIpc) is 3.28. The fourth-order valence-corrected chi connectivity index (χ4v) is 5.25. The highest BCUT2D eigenvalue weighted by atomic mass is 32.2. The van der Waals surface area contributed by atoms with Gasteiger partial charge in [-0.15, -0.1) is 10.2 Å². The van der Waals surface area contributed by atoms with Crippen LogP contribution in [0.2, 0.25) is 0 Å². The van der Waals surface area contributed by atoms with E-state index in [4.69, 9.17) is 4.98 Å². The lowest BCUT2D eigenvalue weighted by Crippen LogP contribution is -2.21. The first-order valence-electron chi connectivity index (χ1n) is 11.8. The molecule has 1 atom stereocenters. The largest absolute Gasteiger partial charge is 0.279 e. The van der Waals surface area contributed by atoms with E-state index in [2.05, 4.69) is 22.3 Å². The summed E-state index contributed by atoms with van der Waals surface area (Å²) in [5.41, 5.74) is 5.17. The lowest BCUT2D eigenvalue weighted by molar-refractivity contribution is 0.0925. The van der Waals surface area contributed by atoms with Crippen LogP contribution in [0.3, 0.4) is 0 Å². The predicted octanol–water partition coefficient (Wildman–Crippen LogP) is 7.13. The molecule has 6 rings (SSSR count). The molecule has 0 spiro atoms. The van der Waals surface area contributed by atoms with E-state index in [1.165, 1.54) is 11.8 Å². The topological polar surface area (TPSA) is 60.7 Å². The van der Waals surface area contributed by atoms with Crippen molar-refractivity contribution >= 4 is 39.5 Å². The maximum Gasteiger partial charge on any atom is 0.244 e. The zero-order valence-corrected chi connectivity index (χ0v) is 20.4. The number of hydrogen-bond acceptors (Lipinski definition) is 5. The summed E-state index contributed by atoms with van der Waals surface area (Å²) in [5, 5.41) is 11.1. The van der Waals surface area contributed by atoms with Crippen molar-refractivity contribution in [1.82, 2.24) is 19.7 Å². The molecule has 0 aliphatic rings. The van der Waals surface area contributed by atoms with Crippen LogP contribution < -0.4 is 0 Å². The van der Waals surface area contributed by atoms with E-state index in [9.17, 15) is 4.79 Å². The number of hydrogen-bond donors (Lipinski definition) is 0. The zero-order valence-electron chi connectivity index (χ0n) is 19.6. The highest BCUT2D eigenvalue weighted by Crippen LogP contribution is 2.33. The van der Waals surface area contributed by atoms with Crippen LogP contribution in [0.5, 0.6) is 0 Å². The number of nitrogens with zero attached hydrogens (tertiary/aromatic N) is 4. The first-order valence-corrected chi connectivity index (χ1v) is 12.6. The Labute approximate surface area is 212 Å². The molecule has 0 fully saturated rings. The van der Waals surface area contributed by atoms with Gasteiger partial charge in [0.15, 0.2) is 0 Å².